The van der Waals surface area contributed by atoms with Crippen LogP contribution in [0.3, 0.4) is 0 Å². The SMILES string of the molecule is Fc1ccc(CN2C[C@@H]3C[C@H]2CN3)cc1. The monoisotopic (exact) mass is 206 g/mol. The molecule has 3 heteroatoms. The van der Waals surface area contributed by atoms with Gasteiger partial charge in [-0.05, 0) is 24.1 Å². The molecule has 1 aromatic rings. The Labute approximate surface area is 89.1 Å². The van der Waals surface area contributed by atoms with Crippen molar-refractivity contribution < 1.29 is 4.39 Å². The lowest BCUT2D eigenvalue weighted by molar-refractivity contribution is 0.218. The molecular formula is C12H15FN2. The van der Waals surface area contributed by atoms with Gasteiger partial charge in [0.25, 0.3) is 0 Å². The maximum Gasteiger partial charge on any atom is 0.123 e. The molecule has 0 amide bonds. The molecule has 15 heavy (non-hydrogen) atoms. The zero-order valence-electron chi connectivity index (χ0n) is 8.62. The van der Waals surface area contributed by atoms with Gasteiger partial charge in [0.1, 0.15) is 5.82 Å². The van der Waals surface area contributed by atoms with Crippen LogP contribution in [0.5, 0.6) is 0 Å². The number of nitrogens with one attached hydrogen (secondary N) is 1. The lowest BCUT2D eigenvalue weighted by Crippen LogP contribution is -2.42. The summed E-state index contributed by atoms with van der Waals surface area (Å²) in [6.07, 6.45) is 1.28. The molecule has 2 heterocycles. The van der Waals surface area contributed by atoms with Crippen molar-refractivity contribution >= 4 is 0 Å². The molecule has 2 aliphatic heterocycles. The van der Waals surface area contributed by atoms with Crippen LogP contribution in [-0.4, -0.2) is 30.1 Å². The zero-order chi connectivity index (χ0) is 10.3. The fraction of sp³-hybridized carbons (Fsp3) is 0.500. The van der Waals surface area contributed by atoms with Crippen molar-refractivity contribution in [2.75, 3.05) is 13.1 Å². The van der Waals surface area contributed by atoms with Gasteiger partial charge in [-0.2, -0.15) is 0 Å². The molecule has 0 aromatic heterocycles. The van der Waals surface area contributed by atoms with E-state index in [1.54, 1.807) is 12.1 Å². The molecule has 0 radical (unpaired) electrons. The Balaban J connectivity index is 1.68. The van der Waals surface area contributed by atoms with E-state index in [1.165, 1.54) is 12.0 Å². The highest BCUT2D eigenvalue weighted by Crippen LogP contribution is 2.24. The molecule has 1 N–H and O–H groups in total. The van der Waals surface area contributed by atoms with Crippen molar-refractivity contribution in [3.63, 3.8) is 0 Å². The van der Waals surface area contributed by atoms with Crippen molar-refractivity contribution in [1.82, 2.24) is 10.2 Å². The first-order chi connectivity index (χ1) is 7.31. The van der Waals surface area contributed by atoms with Gasteiger partial charge in [0.2, 0.25) is 0 Å². The van der Waals surface area contributed by atoms with Crippen LogP contribution in [0.2, 0.25) is 0 Å². The van der Waals surface area contributed by atoms with Crippen LogP contribution in [-0.2, 0) is 6.54 Å². The van der Waals surface area contributed by atoms with E-state index in [0.717, 1.165) is 19.6 Å². The number of halogens is 1. The molecule has 2 aliphatic rings. The fourth-order valence-electron chi connectivity index (χ4n) is 2.67. The molecule has 2 fully saturated rings. The molecular weight excluding hydrogens is 191 g/mol. The second-order valence-corrected chi connectivity index (χ2v) is 4.55. The maximum atomic E-state index is 12.7. The molecule has 0 aliphatic carbocycles. The highest BCUT2D eigenvalue weighted by atomic mass is 19.1. The third-order valence-corrected chi connectivity index (χ3v) is 3.47. The van der Waals surface area contributed by atoms with Crippen LogP contribution >= 0.6 is 0 Å². The summed E-state index contributed by atoms with van der Waals surface area (Å²) in [6.45, 7) is 3.22. The maximum absolute atomic E-state index is 12.7. The Bertz CT molecular complexity index is 349. The van der Waals surface area contributed by atoms with Crippen molar-refractivity contribution in [2.45, 2.75) is 25.0 Å². The Morgan fingerprint density at radius 3 is 2.73 bits per heavy atom. The fourth-order valence-corrected chi connectivity index (χ4v) is 2.67. The highest BCUT2D eigenvalue weighted by molar-refractivity contribution is 5.16. The quantitative estimate of drug-likeness (QED) is 0.786. The van der Waals surface area contributed by atoms with E-state index in [-0.39, 0.29) is 5.82 Å². The third kappa shape index (κ3) is 1.77. The smallest absolute Gasteiger partial charge is 0.123 e. The predicted octanol–water partition coefficient (Wildman–Crippen LogP) is 1.37. The predicted molar refractivity (Wildman–Crippen MR) is 57.0 cm³/mol. The van der Waals surface area contributed by atoms with E-state index < -0.39 is 0 Å². The number of hydrogen-bond donors (Lipinski definition) is 1. The Hall–Kier alpha value is -0.930. The molecule has 2 bridgehead atoms. The van der Waals surface area contributed by atoms with Gasteiger partial charge in [0.15, 0.2) is 0 Å². The number of fused-ring (bicyclic) bond motifs is 2. The summed E-state index contributed by atoms with van der Waals surface area (Å²) >= 11 is 0. The van der Waals surface area contributed by atoms with Crippen molar-refractivity contribution in [2.24, 2.45) is 0 Å². The minimum Gasteiger partial charge on any atom is -0.311 e. The normalized spacial score (nSPS) is 29.9. The first-order valence-electron chi connectivity index (χ1n) is 5.53. The van der Waals surface area contributed by atoms with Crippen LogP contribution in [0.15, 0.2) is 24.3 Å². The van der Waals surface area contributed by atoms with Gasteiger partial charge in [-0.15, -0.1) is 0 Å². The molecule has 0 unspecified atom stereocenters. The lowest BCUT2D eigenvalue weighted by Gasteiger charge is -2.27. The van der Waals surface area contributed by atoms with E-state index in [2.05, 4.69) is 10.2 Å². The number of benzene rings is 1. The lowest BCUT2D eigenvalue weighted by atomic mass is 10.2. The van der Waals surface area contributed by atoms with Crippen LogP contribution < -0.4 is 5.32 Å². The third-order valence-electron chi connectivity index (χ3n) is 3.47. The van der Waals surface area contributed by atoms with Gasteiger partial charge in [0, 0.05) is 31.7 Å². The summed E-state index contributed by atoms with van der Waals surface area (Å²) in [5.74, 6) is -0.150. The summed E-state index contributed by atoms with van der Waals surface area (Å²) in [4.78, 5) is 2.49. The molecule has 0 spiro atoms. The van der Waals surface area contributed by atoms with Crippen molar-refractivity contribution in [3.8, 4) is 0 Å². The summed E-state index contributed by atoms with van der Waals surface area (Å²) < 4.78 is 12.7. The van der Waals surface area contributed by atoms with E-state index in [1.807, 2.05) is 12.1 Å². The molecule has 80 valence electrons. The molecule has 2 nitrogen and oxygen atoms in total. The molecule has 3 rings (SSSR count). The second kappa shape index (κ2) is 3.58. The Kier molecular flexibility index (Phi) is 2.22. The Morgan fingerprint density at radius 2 is 2.13 bits per heavy atom. The molecule has 2 saturated heterocycles. The average Bonchev–Trinajstić information content (AvgIpc) is 2.83. The number of rotatable bonds is 2. The Morgan fingerprint density at radius 1 is 1.33 bits per heavy atom. The summed E-state index contributed by atoms with van der Waals surface area (Å²) in [5.41, 5.74) is 1.21. The van der Waals surface area contributed by atoms with E-state index in [4.69, 9.17) is 0 Å². The molecule has 0 saturated carbocycles. The zero-order valence-corrected chi connectivity index (χ0v) is 8.62. The first-order valence-corrected chi connectivity index (χ1v) is 5.53. The van der Waals surface area contributed by atoms with Gasteiger partial charge in [-0.3, -0.25) is 4.90 Å². The molecule has 2 atom stereocenters. The highest BCUT2D eigenvalue weighted by Gasteiger charge is 2.37. The first kappa shape index (κ1) is 9.31. The van der Waals surface area contributed by atoms with Crippen LogP contribution in [0.25, 0.3) is 0 Å². The minimum absolute atomic E-state index is 0.150. The topological polar surface area (TPSA) is 15.3 Å². The van der Waals surface area contributed by atoms with E-state index in [0.29, 0.717) is 12.1 Å². The van der Waals surface area contributed by atoms with Gasteiger partial charge >= 0.3 is 0 Å². The van der Waals surface area contributed by atoms with Crippen molar-refractivity contribution in [3.05, 3.63) is 35.6 Å². The number of likely N-dealkylation sites (tertiary alicyclic amines) is 1. The summed E-state index contributed by atoms with van der Waals surface area (Å²) in [6, 6.07) is 8.24. The van der Waals surface area contributed by atoms with Gasteiger partial charge in [-0.1, -0.05) is 12.1 Å². The standard InChI is InChI=1S/C12H15FN2/c13-10-3-1-9(2-4-10)7-15-8-11-5-12(15)6-14-11/h1-4,11-12,14H,5-8H2/t11-,12-/m0/s1. The number of piperazine rings is 1. The van der Waals surface area contributed by atoms with Gasteiger partial charge in [0.05, 0.1) is 0 Å². The van der Waals surface area contributed by atoms with Crippen LogP contribution in [0, 0.1) is 5.82 Å². The van der Waals surface area contributed by atoms with Crippen LogP contribution in [0.4, 0.5) is 4.39 Å². The van der Waals surface area contributed by atoms with Gasteiger partial charge < -0.3 is 5.32 Å². The minimum atomic E-state index is -0.150. The summed E-state index contributed by atoms with van der Waals surface area (Å²) in [5, 5.41) is 3.48. The van der Waals surface area contributed by atoms with Crippen LogP contribution in [0.1, 0.15) is 12.0 Å². The van der Waals surface area contributed by atoms with E-state index in [9.17, 15) is 4.39 Å². The molecule has 1 aromatic carbocycles. The number of nitrogens with zero attached hydrogens (tertiary/aromatic N) is 1. The average molecular weight is 206 g/mol. The summed E-state index contributed by atoms with van der Waals surface area (Å²) in [7, 11) is 0. The second-order valence-electron chi connectivity index (χ2n) is 4.55. The van der Waals surface area contributed by atoms with E-state index >= 15 is 0 Å². The largest absolute Gasteiger partial charge is 0.311 e. The van der Waals surface area contributed by atoms with Crippen molar-refractivity contribution in [1.29, 1.82) is 0 Å². The number of hydrogen-bond acceptors (Lipinski definition) is 2. The van der Waals surface area contributed by atoms with Gasteiger partial charge in [-0.25, -0.2) is 4.39 Å².